The second kappa shape index (κ2) is 22.8. The molecule has 2 aliphatic carbocycles. The summed E-state index contributed by atoms with van der Waals surface area (Å²) >= 11 is 3.31. The van der Waals surface area contributed by atoms with Crippen LogP contribution in [-0.4, -0.2) is 53.0 Å². The number of unbranched alkanes of at least 4 members (excludes halogenated alkanes) is 4. The normalized spacial score (nSPS) is 13.3. The largest absolute Gasteiger partial charge is 0.361 e. The van der Waals surface area contributed by atoms with Crippen molar-refractivity contribution < 1.29 is 25.6 Å². The molecule has 0 spiro atoms. The number of thiazole rings is 2. The van der Waals surface area contributed by atoms with Crippen LogP contribution in [0.3, 0.4) is 0 Å². The van der Waals surface area contributed by atoms with Crippen molar-refractivity contribution in [2.45, 2.75) is 87.7 Å². The second-order valence-corrected chi connectivity index (χ2v) is 22.6. The van der Waals surface area contributed by atoms with E-state index in [-0.39, 0.29) is 17.4 Å². The van der Waals surface area contributed by atoms with E-state index < -0.39 is 20.0 Å². The van der Waals surface area contributed by atoms with Crippen LogP contribution in [0.1, 0.15) is 77.8 Å². The van der Waals surface area contributed by atoms with Crippen LogP contribution in [0.15, 0.2) is 114 Å². The van der Waals surface area contributed by atoms with Crippen molar-refractivity contribution in [2.75, 3.05) is 36.8 Å². The summed E-state index contributed by atoms with van der Waals surface area (Å²) in [6.45, 7) is 2.39. The Hall–Kier alpha value is -5.10. The highest BCUT2D eigenvalue weighted by Gasteiger charge is 2.22. The predicted octanol–water partition coefficient (Wildman–Crippen LogP) is 11.3. The van der Waals surface area contributed by atoms with Crippen LogP contribution in [0.2, 0.25) is 0 Å². The van der Waals surface area contributed by atoms with E-state index in [9.17, 15) is 25.6 Å². The highest BCUT2D eigenvalue weighted by molar-refractivity contribution is 7.89. The third kappa shape index (κ3) is 13.1. The molecule has 0 amide bonds. The third-order valence-corrected chi connectivity index (χ3v) is 16.9. The van der Waals surface area contributed by atoms with Gasteiger partial charge in [-0.3, -0.25) is 0 Å². The molecule has 5 aromatic carbocycles. The zero-order chi connectivity index (χ0) is 46.6. The molecule has 2 heterocycles. The first kappa shape index (κ1) is 48.4. The van der Waals surface area contributed by atoms with E-state index in [4.69, 9.17) is 9.97 Å². The van der Waals surface area contributed by atoms with E-state index in [0.717, 1.165) is 150 Å². The number of rotatable bonds is 19. The number of nitrogens with one attached hydrogen (secondary N) is 4. The maximum Gasteiger partial charge on any atom is 0.241 e. The number of hydrogen-bond donors (Lipinski definition) is 4. The zero-order valence-electron chi connectivity index (χ0n) is 37.3. The van der Waals surface area contributed by atoms with Gasteiger partial charge in [0.05, 0.1) is 22.0 Å². The van der Waals surface area contributed by atoms with Gasteiger partial charge >= 0.3 is 0 Å². The molecule has 2 aliphatic rings. The molecule has 4 N–H and O–H groups in total. The first-order valence-electron chi connectivity index (χ1n) is 23.0. The van der Waals surface area contributed by atoms with E-state index in [0.29, 0.717) is 18.0 Å². The van der Waals surface area contributed by atoms with Crippen LogP contribution in [0.25, 0.3) is 33.3 Å². The molecule has 0 saturated carbocycles. The number of anilines is 2. The van der Waals surface area contributed by atoms with Gasteiger partial charge in [-0.05, 0) is 117 Å². The number of nitrogens with zero attached hydrogens (tertiary/aromatic N) is 2. The van der Waals surface area contributed by atoms with Gasteiger partial charge < -0.3 is 10.6 Å². The molecule has 0 unspecified atom stereocenters. The molecule has 9 rings (SSSR count). The molecule has 0 radical (unpaired) electrons. The van der Waals surface area contributed by atoms with Crippen LogP contribution >= 0.6 is 22.7 Å². The zero-order valence-corrected chi connectivity index (χ0v) is 40.6. The highest BCUT2D eigenvalue weighted by Crippen LogP contribution is 2.39. The minimum atomic E-state index is -3.56. The molecule has 7 aromatic rings. The Morgan fingerprint density at radius 2 is 1.06 bits per heavy atom. The predicted molar refractivity (Wildman–Crippen MR) is 270 cm³/mol. The molecule has 0 bridgehead atoms. The Morgan fingerprint density at radius 1 is 0.537 bits per heavy atom. The number of sulfonamides is 2. The molecule has 0 saturated heterocycles. The van der Waals surface area contributed by atoms with Gasteiger partial charge in [-0.2, -0.15) is 0 Å². The summed E-state index contributed by atoms with van der Waals surface area (Å²) in [5, 5.41) is 10.2. The Kier molecular flexibility index (Phi) is 16.5. The Balaban J connectivity index is 0.000000182. The van der Waals surface area contributed by atoms with Gasteiger partial charge in [-0.1, -0.05) is 91.7 Å². The topological polar surface area (TPSA) is 142 Å². The Morgan fingerprint density at radius 3 is 1.66 bits per heavy atom. The van der Waals surface area contributed by atoms with Gasteiger partial charge in [0.25, 0.3) is 0 Å². The lowest BCUT2D eigenvalue weighted by Gasteiger charge is -2.09. The summed E-state index contributed by atoms with van der Waals surface area (Å²) in [5.41, 5.74) is 6.77. The first-order valence-corrected chi connectivity index (χ1v) is 27.8. The molecule has 67 heavy (non-hydrogen) atoms. The number of aryl methyl sites for hydroxylation is 4. The summed E-state index contributed by atoms with van der Waals surface area (Å²) in [6, 6.07) is 32.0. The van der Waals surface area contributed by atoms with E-state index in [1.54, 1.807) is 46.9 Å². The van der Waals surface area contributed by atoms with Crippen molar-refractivity contribution in [3.05, 3.63) is 147 Å². The summed E-state index contributed by atoms with van der Waals surface area (Å²) < 4.78 is 82.9. The van der Waals surface area contributed by atoms with Crippen molar-refractivity contribution in [1.82, 2.24) is 19.4 Å². The molecular weight excluding hydrogens is 927 g/mol. The second-order valence-electron chi connectivity index (χ2n) is 16.9. The Labute approximate surface area is 400 Å². The van der Waals surface area contributed by atoms with Crippen LogP contribution in [0, 0.1) is 11.6 Å². The van der Waals surface area contributed by atoms with Crippen LogP contribution in [-0.2, 0) is 51.5 Å². The summed E-state index contributed by atoms with van der Waals surface area (Å²) in [6.07, 6.45) is 11.1. The third-order valence-electron chi connectivity index (χ3n) is 11.9. The van der Waals surface area contributed by atoms with Gasteiger partial charge in [-0.25, -0.2) is 45.0 Å². The minimum Gasteiger partial charge on any atom is -0.361 e. The number of aromatic nitrogens is 2. The smallest absolute Gasteiger partial charge is 0.241 e. The number of fused-ring (bicyclic) bond motifs is 7. The SMILES string of the molecule is O=S(=O)(Cc1ccccc1)NCCCCCNc1nc2c(s1)CCCc1ccc(F)cc1-2.O=S(=O)(NCCCCCNc1nc2c(s1)CCCc1ccc(F)cc1-2)c1cccc2ccccc12. The van der Waals surface area contributed by atoms with Gasteiger partial charge in [0.2, 0.25) is 20.0 Å². The summed E-state index contributed by atoms with van der Waals surface area (Å²) in [7, 11) is -6.86. The van der Waals surface area contributed by atoms with Crippen LogP contribution < -0.4 is 20.1 Å². The van der Waals surface area contributed by atoms with Crippen molar-refractivity contribution in [1.29, 1.82) is 0 Å². The van der Waals surface area contributed by atoms with Crippen molar-refractivity contribution >= 4 is 63.8 Å². The van der Waals surface area contributed by atoms with Crippen LogP contribution in [0.5, 0.6) is 0 Å². The first-order chi connectivity index (χ1) is 32.5. The molecule has 0 atom stereocenters. The van der Waals surface area contributed by atoms with Crippen molar-refractivity contribution in [3.8, 4) is 22.5 Å². The lowest BCUT2D eigenvalue weighted by atomic mass is 10.0. The highest BCUT2D eigenvalue weighted by atomic mass is 32.2. The fraction of sp³-hybridized carbons (Fsp3) is 0.333. The average molecular weight is 983 g/mol. The molecular formula is C51H56F2N6O4S4. The quantitative estimate of drug-likeness (QED) is 0.0587. The lowest BCUT2D eigenvalue weighted by Crippen LogP contribution is -2.26. The van der Waals surface area contributed by atoms with E-state index in [1.807, 2.05) is 72.8 Å². The molecule has 16 heteroatoms. The van der Waals surface area contributed by atoms with Crippen LogP contribution in [0.4, 0.5) is 19.0 Å². The number of benzene rings is 5. The maximum atomic E-state index is 13.8. The average Bonchev–Trinajstić information content (AvgIpc) is 3.83. The summed E-state index contributed by atoms with van der Waals surface area (Å²) in [5.74, 6) is -0.439. The van der Waals surface area contributed by atoms with Gasteiger partial charge in [0, 0.05) is 52.4 Å². The fourth-order valence-electron chi connectivity index (χ4n) is 8.50. The maximum absolute atomic E-state index is 13.8. The van der Waals surface area contributed by atoms with E-state index in [2.05, 4.69) is 20.1 Å². The lowest BCUT2D eigenvalue weighted by molar-refractivity contribution is 0.573. The summed E-state index contributed by atoms with van der Waals surface area (Å²) in [4.78, 5) is 12.3. The molecule has 10 nitrogen and oxygen atoms in total. The van der Waals surface area contributed by atoms with Crippen molar-refractivity contribution in [2.24, 2.45) is 0 Å². The fourth-order valence-corrected chi connectivity index (χ4v) is 13.1. The van der Waals surface area contributed by atoms with Crippen molar-refractivity contribution in [3.63, 3.8) is 0 Å². The molecule has 352 valence electrons. The van der Waals surface area contributed by atoms with Gasteiger partial charge in [0.15, 0.2) is 10.3 Å². The van der Waals surface area contributed by atoms with Gasteiger partial charge in [-0.15, -0.1) is 22.7 Å². The minimum absolute atomic E-state index is 0.0110. The monoisotopic (exact) mass is 982 g/mol. The van der Waals surface area contributed by atoms with Gasteiger partial charge in [0.1, 0.15) is 11.6 Å². The number of halogens is 2. The Bertz CT molecular complexity index is 2990. The molecule has 2 aromatic heterocycles. The molecule has 0 aliphatic heterocycles. The van der Waals surface area contributed by atoms with E-state index >= 15 is 0 Å². The van der Waals surface area contributed by atoms with E-state index in [1.165, 1.54) is 21.9 Å². The standard InChI is InChI=1S/C27H28FN3O2S2.C24H28FN3O2S2/c28-21-15-14-20-9-6-12-24-26(23(20)18-21)31-27(34-24)29-16-4-1-5-17-30-35(32,33)25-13-7-10-19-8-2-3-11-22(19)25;25-20-13-12-19-10-7-11-22-23(21(19)16-20)28-24(31-22)26-14-5-2-6-15-27-32(29,30)17-18-8-3-1-4-9-18/h2-3,7-8,10-11,13-15,18,30H,1,4-6,9,12,16-17H2,(H,29,31);1,3-4,8-9,12-13,16,27H,2,5-7,10-11,14-15,17H2,(H,26,28). The molecule has 0 fully saturated rings. The number of hydrogen-bond acceptors (Lipinski definition) is 10.